The standard InChI is InChI=1S/C20H15ClN4OS/c1-11-18-14(12-5-4-6-13(21)9-12)10-17(26)23-19(18)25(24-11)20-22-15-7-2-3-8-16(15)27-20/h2-9,14H,10H2,1H3,(H,23,26). The number of rotatable bonds is 2. The fourth-order valence-corrected chi connectivity index (χ4v) is 4.77. The third-order valence-electron chi connectivity index (χ3n) is 4.82. The highest BCUT2D eigenvalue weighted by Gasteiger charge is 2.33. The van der Waals surface area contributed by atoms with Gasteiger partial charge in [-0.25, -0.2) is 4.98 Å². The van der Waals surface area contributed by atoms with Gasteiger partial charge in [0.1, 0.15) is 5.82 Å². The van der Waals surface area contributed by atoms with Crippen molar-refractivity contribution in [2.24, 2.45) is 0 Å². The zero-order chi connectivity index (χ0) is 18.5. The van der Waals surface area contributed by atoms with E-state index in [1.165, 1.54) is 0 Å². The number of hydrogen-bond donors (Lipinski definition) is 1. The van der Waals surface area contributed by atoms with Gasteiger partial charge in [-0.15, -0.1) is 0 Å². The molecule has 0 radical (unpaired) electrons. The number of halogens is 1. The number of aromatic nitrogens is 3. The predicted molar refractivity (Wildman–Crippen MR) is 108 cm³/mol. The van der Waals surface area contributed by atoms with Crippen LogP contribution in [0.25, 0.3) is 15.3 Å². The van der Waals surface area contributed by atoms with Crippen LogP contribution in [0.1, 0.15) is 29.2 Å². The van der Waals surface area contributed by atoms with Crippen molar-refractivity contribution in [3.63, 3.8) is 0 Å². The molecular weight excluding hydrogens is 380 g/mol. The molecular formula is C20H15ClN4OS. The number of thiazole rings is 1. The van der Waals surface area contributed by atoms with Gasteiger partial charge in [-0.1, -0.05) is 47.2 Å². The highest BCUT2D eigenvalue weighted by atomic mass is 35.5. The minimum absolute atomic E-state index is 0.0327. The Bertz CT molecular complexity index is 1160. The predicted octanol–water partition coefficient (Wildman–Crippen LogP) is 4.92. The lowest BCUT2D eigenvalue weighted by Gasteiger charge is -2.24. The highest BCUT2D eigenvalue weighted by molar-refractivity contribution is 7.20. The van der Waals surface area contributed by atoms with E-state index in [1.54, 1.807) is 16.0 Å². The fraction of sp³-hybridized carbons (Fsp3) is 0.150. The first-order chi connectivity index (χ1) is 13.1. The Labute approximate surface area is 164 Å². The number of nitrogens with zero attached hydrogens (tertiary/aromatic N) is 3. The molecule has 1 atom stereocenters. The molecule has 1 amide bonds. The van der Waals surface area contributed by atoms with Gasteiger partial charge in [0.2, 0.25) is 11.0 Å². The summed E-state index contributed by atoms with van der Waals surface area (Å²) in [6, 6.07) is 15.6. The smallest absolute Gasteiger partial charge is 0.226 e. The summed E-state index contributed by atoms with van der Waals surface area (Å²) in [7, 11) is 0. The molecule has 1 unspecified atom stereocenters. The first-order valence-electron chi connectivity index (χ1n) is 8.61. The van der Waals surface area contributed by atoms with Crippen LogP contribution in [-0.4, -0.2) is 20.7 Å². The number of para-hydroxylation sites is 1. The van der Waals surface area contributed by atoms with Crippen LogP contribution in [-0.2, 0) is 4.79 Å². The normalized spacial score (nSPS) is 16.4. The van der Waals surface area contributed by atoms with Crippen molar-refractivity contribution >= 4 is 44.9 Å². The minimum Gasteiger partial charge on any atom is -0.310 e. The lowest BCUT2D eigenvalue weighted by Crippen LogP contribution is -2.24. The molecule has 1 N–H and O–H groups in total. The van der Waals surface area contributed by atoms with Gasteiger partial charge in [0.15, 0.2) is 0 Å². The first-order valence-corrected chi connectivity index (χ1v) is 9.80. The van der Waals surface area contributed by atoms with Crippen molar-refractivity contribution in [1.29, 1.82) is 0 Å². The molecule has 0 spiro atoms. The van der Waals surface area contributed by atoms with E-state index >= 15 is 0 Å². The van der Waals surface area contributed by atoms with Gasteiger partial charge < -0.3 is 5.32 Å². The number of carbonyl (C=O) groups excluding carboxylic acids is 1. The molecule has 134 valence electrons. The molecule has 0 bridgehead atoms. The molecule has 0 aliphatic carbocycles. The van der Waals surface area contributed by atoms with Gasteiger partial charge in [-0.3, -0.25) is 4.79 Å². The average molecular weight is 395 g/mol. The number of amides is 1. The third kappa shape index (κ3) is 2.72. The molecule has 1 aliphatic heterocycles. The maximum atomic E-state index is 12.5. The van der Waals surface area contributed by atoms with Crippen molar-refractivity contribution in [3.8, 4) is 5.13 Å². The minimum atomic E-state index is -0.0735. The zero-order valence-electron chi connectivity index (χ0n) is 14.4. The first kappa shape index (κ1) is 16.5. The van der Waals surface area contributed by atoms with E-state index in [0.717, 1.165) is 32.2 Å². The van der Waals surface area contributed by atoms with Crippen LogP contribution in [0.4, 0.5) is 5.82 Å². The number of fused-ring (bicyclic) bond motifs is 2. The Kier molecular flexibility index (Phi) is 3.77. The van der Waals surface area contributed by atoms with E-state index in [-0.39, 0.29) is 11.8 Å². The summed E-state index contributed by atoms with van der Waals surface area (Å²) >= 11 is 7.74. The number of nitrogens with one attached hydrogen (secondary N) is 1. The second kappa shape index (κ2) is 6.18. The molecule has 5 rings (SSSR count). The molecule has 2 aromatic carbocycles. The van der Waals surface area contributed by atoms with Gasteiger partial charge in [0.25, 0.3) is 0 Å². The molecule has 27 heavy (non-hydrogen) atoms. The monoisotopic (exact) mass is 394 g/mol. The average Bonchev–Trinajstić information content (AvgIpc) is 3.22. The van der Waals surface area contributed by atoms with Crippen LogP contribution in [0, 0.1) is 6.92 Å². The molecule has 5 nitrogen and oxygen atoms in total. The number of anilines is 1. The lowest BCUT2D eigenvalue weighted by molar-refractivity contribution is -0.116. The molecule has 1 aliphatic rings. The van der Waals surface area contributed by atoms with Crippen LogP contribution < -0.4 is 5.32 Å². The summed E-state index contributed by atoms with van der Waals surface area (Å²) in [5, 5.41) is 9.12. The number of aryl methyl sites for hydroxylation is 1. The number of benzene rings is 2. The van der Waals surface area contributed by atoms with Crippen molar-refractivity contribution < 1.29 is 4.79 Å². The summed E-state index contributed by atoms with van der Waals surface area (Å²) in [6.45, 7) is 1.97. The van der Waals surface area contributed by atoms with Gasteiger partial charge in [-0.05, 0) is 36.8 Å². The summed E-state index contributed by atoms with van der Waals surface area (Å²) in [5.74, 6) is 0.595. The zero-order valence-corrected chi connectivity index (χ0v) is 16.0. The Morgan fingerprint density at radius 1 is 1.22 bits per heavy atom. The van der Waals surface area contributed by atoms with Gasteiger partial charge in [-0.2, -0.15) is 9.78 Å². The highest BCUT2D eigenvalue weighted by Crippen LogP contribution is 2.41. The topological polar surface area (TPSA) is 59.8 Å². The quantitative estimate of drug-likeness (QED) is 0.525. The van der Waals surface area contributed by atoms with Crippen molar-refractivity contribution in [1.82, 2.24) is 14.8 Å². The molecule has 0 saturated heterocycles. The number of carbonyl (C=O) groups is 1. The van der Waals surface area contributed by atoms with Crippen LogP contribution in [0.2, 0.25) is 5.02 Å². The van der Waals surface area contributed by atoms with Crippen LogP contribution >= 0.6 is 22.9 Å². The largest absolute Gasteiger partial charge is 0.310 e. The second-order valence-corrected chi connectivity index (χ2v) is 8.03. The van der Waals surface area contributed by atoms with E-state index in [1.807, 2.05) is 55.5 Å². The number of hydrogen-bond acceptors (Lipinski definition) is 4. The Balaban J connectivity index is 1.69. The van der Waals surface area contributed by atoms with Crippen LogP contribution in [0.3, 0.4) is 0 Å². The van der Waals surface area contributed by atoms with Gasteiger partial charge >= 0.3 is 0 Å². The van der Waals surface area contributed by atoms with Crippen LogP contribution in [0.5, 0.6) is 0 Å². The Morgan fingerprint density at radius 2 is 2.07 bits per heavy atom. The summed E-state index contributed by atoms with van der Waals surface area (Å²) < 4.78 is 2.84. The SMILES string of the molecule is Cc1nn(-c2nc3ccccc3s2)c2c1C(c1cccc(Cl)c1)CC(=O)N2. The van der Waals surface area contributed by atoms with E-state index in [2.05, 4.69) is 10.3 Å². The van der Waals surface area contributed by atoms with Crippen molar-refractivity contribution in [2.75, 3.05) is 5.32 Å². The molecule has 0 saturated carbocycles. The maximum absolute atomic E-state index is 12.5. The summed E-state index contributed by atoms with van der Waals surface area (Å²) in [4.78, 5) is 17.1. The maximum Gasteiger partial charge on any atom is 0.226 e. The molecule has 4 aromatic rings. The lowest BCUT2D eigenvalue weighted by atomic mass is 9.86. The molecule has 2 aromatic heterocycles. The summed E-state index contributed by atoms with van der Waals surface area (Å²) in [6.07, 6.45) is 0.375. The fourth-order valence-electron chi connectivity index (χ4n) is 3.64. The molecule has 3 heterocycles. The van der Waals surface area contributed by atoms with Crippen molar-refractivity contribution in [3.05, 3.63) is 70.4 Å². The van der Waals surface area contributed by atoms with E-state index in [0.29, 0.717) is 17.3 Å². The molecule has 7 heteroatoms. The summed E-state index contributed by atoms with van der Waals surface area (Å²) in [5.41, 5.74) is 3.85. The van der Waals surface area contributed by atoms with Crippen molar-refractivity contribution in [2.45, 2.75) is 19.3 Å². The van der Waals surface area contributed by atoms with Gasteiger partial charge in [0, 0.05) is 22.9 Å². The van der Waals surface area contributed by atoms with Gasteiger partial charge in [0.05, 0.1) is 15.9 Å². The van der Waals surface area contributed by atoms with Crippen LogP contribution in [0.15, 0.2) is 48.5 Å². The second-order valence-electron chi connectivity index (χ2n) is 6.58. The Hall–Kier alpha value is -2.70. The third-order valence-corrected chi connectivity index (χ3v) is 6.06. The van der Waals surface area contributed by atoms with E-state index in [9.17, 15) is 4.79 Å². The Morgan fingerprint density at radius 3 is 2.89 bits per heavy atom. The van der Waals surface area contributed by atoms with E-state index in [4.69, 9.17) is 16.7 Å². The van der Waals surface area contributed by atoms with E-state index < -0.39 is 0 Å². The molecule has 0 fully saturated rings.